The van der Waals surface area contributed by atoms with Gasteiger partial charge in [-0.2, -0.15) is 0 Å². The van der Waals surface area contributed by atoms with Crippen LogP contribution < -0.4 is 5.73 Å². The van der Waals surface area contributed by atoms with Gasteiger partial charge in [0, 0.05) is 24.4 Å². The number of aliphatic hydroxyl groups excluding tert-OH is 2. The van der Waals surface area contributed by atoms with E-state index in [2.05, 4.69) is 9.97 Å². The zero-order valence-electron chi connectivity index (χ0n) is 8.08. The van der Waals surface area contributed by atoms with Crippen LogP contribution in [0.1, 0.15) is 18.1 Å². The summed E-state index contributed by atoms with van der Waals surface area (Å²) in [6.45, 7) is -0.187. The third kappa shape index (κ3) is 2.06. The third-order valence-corrected chi connectivity index (χ3v) is 2.47. The minimum Gasteiger partial charge on any atom is -0.394 e. The van der Waals surface area contributed by atoms with Crippen LogP contribution in [0.2, 0.25) is 0 Å². The molecular formula is C9H13N3O3. The van der Waals surface area contributed by atoms with Gasteiger partial charge in [-0.3, -0.25) is 0 Å². The lowest BCUT2D eigenvalue weighted by atomic mass is 10.1. The minimum absolute atomic E-state index is 0.187. The second-order valence-electron chi connectivity index (χ2n) is 3.52. The summed E-state index contributed by atoms with van der Waals surface area (Å²) in [7, 11) is 0. The van der Waals surface area contributed by atoms with Crippen molar-refractivity contribution in [2.75, 3.05) is 12.3 Å². The van der Waals surface area contributed by atoms with Crippen LogP contribution in [0.25, 0.3) is 0 Å². The smallest absolute Gasteiger partial charge is 0.219 e. The molecule has 0 saturated carbocycles. The summed E-state index contributed by atoms with van der Waals surface area (Å²) in [6, 6.07) is 0. The average Bonchev–Trinajstić information content (AvgIpc) is 2.61. The summed E-state index contributed by atoms with van der Waals surface area (Å²) in [5.74, 6) is 0.205. The van der Waals surface area contributed by atoms with E-state index in [0.29, 0.717) is 6.42 Å². The number of rotatable bonds is 2. The number of nitrogens with two attached hydrogens (primary N) is 1. The van der Waals surface area contributed by atoms with Crippen LogP contribution in [0.4, 0.5) is 5.95 Å². The highest BCUT2D eigenvalue weighted by Gasteiger charge is 2.34. The number of aromatic nitrogens is 2. The van der Waals surface area contributed by atoms with Crippen molar-refractivity contribution in [1.82, 2.24) is 9.97 Å². The van der Waals surface area contributed by atoms with Crippen LogP contribution in [0.15, 0.2) is 12.4 Å². The van der Waals surface area contributed by atoms with Crippen molar-refractivity contribution in [3.63, 3.8) is 0 Å². The van der Waals surface area contributed by atoms with Crippen molar-refractivity contribution < 1.29 is 14.9 Å². The van der Waals surface area contributed by atoms with E-state index in [-0.39, 0.29) is 18.7 Å². The van der Waals surface area contributed by atoms with Crippen molar-refractivity contribution >= 4 is 5.95 Å². The number of nitrogen functional groups attached to an aromatic ring is 1. The summed E-state index contributed by atoms with van der Waals surface area (Å²) >= 11 is 0. The Morgan fingerprint density at radius 1 is 1.47 bits per heavy atom. The predicted molar refractivity (Wildman–Crippen MR) is 51.8 cm³/mol. The van der Waals surface area contributed by atoms with Crippen LogP contribution in [-0.4, -0.2) is 39.0 Å². The lowest BCUT2D eigenvalue weighted by Gasteiger charge is -2.11. The molecule has 1 aromatic heterocycles. The number of aliphatic hydroxyl groups is 2. The molecule has 2 heterocycles. The van der Waals surface area contributed by atoms with Gasteiger partial charge in [-0.25, -0.2) is 9.97 Å². The fourth-order valence-electron chi connectivity index (χ4n) is 1.62. The summed E-state index contributed by atoms with van der Waals surface area (Å²) in [4.78, 5) is 7.68. The number of hydrogen-bond acceptors (Lipinski definition) is 6. The van der Waals surface area contributed by atoms with E-state index in [1.165, 1.54) is 0 Å². The summed E-state index contributed by atoms with van der Waals surface area (Å²) in [5.41, 5.74) is 6.12. The van der Waals surface area contributed by atoms with E-state index in [4.69, 9.17) is 15.6 Å². The Kier molecular flexibility index (Phi) is 2.81. The van der Waals surface area contributed by atoms with Gasteiger partial charge in [-0.1, -0.05) is 0 Å². The third-order valence-electron chi connectivity index (χ3n) is 2.47. The van der Waals surface area contributed by atoms with E-state index >= 15 is 0 Å². The molecule has 1 aliphatic rings. The fourth-order valence-corrected chi connectivity index (χ4v) is 1.62. The standard InChI is InChI=1S/C9H13N3O3/c10-9-11-2-5(3-12-9)7-1-6(14)8(4-13)15-7/h2-3,6-8,13-14H,1,4H2,(H2,10,11,12)/t6?,7-,8-/m1/s1. The topological polar surface area (TPSA) is 101 Å². The van der Waals surface area contributed by atoms with Crippen LogP contribution in [-0.2, 0) is 4.74 Å². The molecule has 6 heteroatoms. The van der Waals surface area contributed by atoms with Crippen molar-refractivity contribution in [3.05, 3.63) is 18.0 Å². The molecule has 0 amide bonds. The minimum atomic E-state index is -0.641. The number of anilines is 1. The van der Waals surface area contributed by atoms with Gasteiger partial charge in [0.05, 0.1) is 18.8 Å². The zero-order valence-corrected chi connectivity index (χ0v) is 8.08. The maximum atomic E-state index is 9.52. The second-order valence-corrected chi connectivity index (χ2v) is 3.52. The Morgan fingerprint density at radius 2 is 2.13 bits per heavy atom. The Bertz CT molecular complexity index is 330. The average molecular weight is 211 g/mol. The quantitative estimate of drug-likeness (QED) is 0.594. The van der Waals surface area contributed by atoms with E-state index in [1.807, 2.05) is 0 Å². The number of nitrogens with zero attached hydrogens (tertiary/aromatic N) is 2. The first kappa shape index (κ1) is 10.3. The molecule has 0 radical (unpaired) electrons. The van der Waals surface area contributed by atoms with E-state index in [9.17, 15) is 5.11 Å². The molecule has 1 aromatic rings. The molecule has 6 nitrogen and oxygen atoms in total. The molecular weight excluding hydrogens is 198 g/mol. The molecule has 1 fully saturated rings. The highest BCUT2D eigenvalue weighted by atomic mass is 16.5. The molecule has 0 aromatic carbocycles. The molecule has 15 heavy (non-hydrogen) atoms. The second kappa shape index (κ2) is 4.09. The molecule has 1 unspecified atom stereocenters. The molecule has 4 N–H and O–H groups in total. The van der Waals surface area contributed by atoms with Crippen LogP contribution >= 0.6 is 0 Å². The van der Waals surface area contributed by atoms with E-state index in [0.717, 1.165) is 5.56 Å². The first-order valence-electron chi connectivity index (χ1n) is 4.72. The van der Waals surface area contributed by atoms with Gasteiger partial charge in [0.25, 0.3) is 0 Å². The van der Waals surface area contributed by atoms with Gasteiger partial charge >= 0.3 is 0 Å². The molecule has 0 aliphatic carbocycles. The SMILES string of the molecule is Nc1ncc([C@H]2CC(O)[C@@H](CO)O2)cn1. The first-order chi connectivity index (χ1) is 7.20. The number of hydrogen-bond donors (Lipinski definition) is 3. The molecule has 0 spiro atoms. The van der Waals surface area contributed by atoms with Crippen molar-refractivity contribution in [1.29, 1.82) is 0 Å². The van der Waals surface area contributed by atoms with Crippen LogP contribution in [0.3, 0.4) is 0 Å². The Labute approximate surface area is 86.7 Å². The van der Waals surface area contributed by atoms with Crippen LogP contribution in [0, 0.1) is 0 Å². The van der Waals surface area contributed by atoms with Crippen molar-refractivity contribution in [3.8, 4) is 0 Å². The first-order valence-corrected chi connectivity index (χ1v) is 4.72. The number of ether oxygens (including phenoxy) is 1. The predicted octanol–water partition coefficient (Wildman–Crippen LogP) is -0.758. The lowest BCUT2D eigenvalue weighted by molar-refractivity contribution is -0.0227. The van der Waals surface area contributed by atoms with Gasteiger partial charge in [0.15, 0.2) is 0 Å². The van der Waals surface area contributed by atoms with Gasteiger partial charge < -0.3 is 20.7 Å². The maximum Gasteiger partial charge on any atom is 0.219 e. The highest BCUT2D eigenvalue weighted by molar-refractivity contribution is 5.19. The largest absolute Gasteiger partial charge is 0.394 e. The summed E-state index contributed by atoms with van der Waals surface area (Å²) in [5, 5.41) is 18.4. The molecule has 1 aliphatic heterocycles. The lowest BCUT2D eigenvalue weighted by Crippen LogP contribution is -2.24. The molecule has 0 bridgehead atoms. The molecule has 82 valence electrons. The normalized spacial score (nSPS) is 30.7. The summed E-state index contributed by atoms with van der Waals surface area (Å²) < 4.78 is 5.43. The fraction of sp³-hybridized carbons (Fsp3) is 0.556. The zero-order chi connectivity index (χ0) is 10.8. The van der Waals surface area contributed by atoms with Gasteiger partial charge in [0.2, 0.25) is 5.95 Å². The molecule has 2 rings (SSSR count). The Balaban J connectivity index is 2.10. The van der Waals surface area contributed by atoms with E-state index < -0.39 is 12.2 Å². The van der Waals surface area contributed by atoms with E-state index in [1.54, 1.807) is 12.4 Å². The highest BCUT2D eigenvalue weighted by Crippen LogP contribution is 2.32. The monoisotopic (exact) mass is 211 g/mol. The van der Waals surface area contributed by atoms with Gasteiger partial charge in [-0.15, -0.1) is 0 Å². The van der Waals surface area contributed by atoms with Gasteiger partial charge in [-0.05, 0) is 0 Å². The molecule has 1 saturated heterocycles. The maximum absolute atomic E-state index is 9.52. The van der Waals surface area contributed by atoms with Crippen LogP contribution in [0.5, 0.6) is 0 Å². The Hall–Kier alpha value is -1.24. The summed E-state index contributed by atoms with van der Waals surface area (Å²) in [6.07, 6.45) is 2.15. The van der Waals surface area contributed by atoms with Crippen molar-refractivity contribution in [2.45, 2.75) is 24.7 Å². The Morgan fingerprint density at radius 3 is 2.67 bits per heavy atom. The molecule has 3 atom stereocenters. The van der Waals surface area contributed by atoms with Gasteiger partial charge in [0.1, 0.15) is 6.10 Å². The van der Waals surface area contributed by atoms with Crippen molar-refractivity contribution in [2.24, 2.45) is 0 Å².